The van der Waals surface area contributed by atoms with Gasteiger partial charge in [-0.3, -0.25) is 4.90 Å². The van der Waals surface area contributed by atoms with E-state index < -0.39 is 12.1 Å². The number of likely N-dealkylation sites (tertiary alicyclic amines) is 1. The lowest BCUT2D eigenvalue weighted by molar-refractivity contribution is -0.189. The number of hydrogen-bond donors (Lipinski definition) is 1. The van der Waals surface area contributed by atoms with E-state index in [1.54, 1.807) is 0 Å². The maximum absolute atomic E-state index is 13.0. The molecular formula is C14H25F3N2. The molecule has 0 aromatic heterocycles. The number of nitrogens with zero attached hydrogens (tertiary/aromatic N) is 1. The van der Waals surface area contributed by atoms with Crippen molar-refractivity contribution < 1.29 is 13.2 Å². The van der Waals surface area contributed by atoms with Crippen molar-refractivity contribution in [2.24, 2.45) is 5.92 Å². The lowest BCUT2D eigenvalue weighted by atomic mass is 9.83. The Morgan fingerprint density at radius 1 is 1.11 bits per heavy atom. The fourth-order valence-corrected chi connectivity index (χ4v) is 3.42. The molecule has 0 aromatic rings. The summed E-state index contributed by atoms with van der Waals surface area (Å²) in [7, 11) is 0. The Balaban J connectivity index is 1.90. The third kappa shape index (κ3) is 3.85. The zero-order valence-corrected chi connectivity index (χ0v) is 11.8. The quantitative estimate of drug-likeness (QED) is 0.853. The number of halogens is 3. The van der Waals surface area contributed by atoms with Crippen molar-refractivity contribution in [3.63, 3.8) is 0 Å². The predicted molar refractivity (Wildman–Crippen MR) is 70.1 cm³/mol. The molecule has 19 heavy (non-hydrogen) atoms. The van der Waals surface area contributed by atoms with Crippen molar-refractivity contribution in [3.05, 3.63) is 0 Å². The molecule has 1 N–H and O–H groups in total. The van der Waals surface area contributed by atoms with Gasteiger partial charge in [-0.25, -0.2) is 0 Å². The number of nitrogens with one attached hydrogen (secondary N) is 1. The molecule has 0 spiro atoms. The summed E-state index contributed by atoms with van der Waals surface area (Å²) in [5, 5.41) is 3.30. The van der Waals surface area contributed by atoms with E-state index in [-0.39, 0.29) is 12.1 Å². The molecular weight excluding hydrogens is 253 g/mol. The monoisotopic (exact) mass is 278 g/mol. The molecule has 2 fully saturated rings. The molecule has 0 aromatic carbocycles. The van der Waals surface area contributed by atoms with Gasteiger partial charge in [0.05, 0.1) is 5.92 Å². The molecule has 1 aliphatic carbocycles. The average molecular weight is 278 g/mol. The van der Waals surface area contributed by atoms with E-state index in [2.05, 4.69) is 24.1 Å². The minimum absolute atomic E-state index is 0.232. The van der Waals surface area contributed by atoms with E-state index in [0.29, 0.717) is 25.3 Å². The van der Waals surface area contributed by atoms with Crippen LogP contribution in [0.5, 0.6) is 0 Å². The van der Waals surface area contributed by atoms with E-state index in [4.69, 9.17) is 0 Å². The van der Waals surface area contributed by atoms with Crippen LogP contribution in [0.1, 0.15) is 46.0 Å². The van der Waals surface area contributed by atoms with Gasteiger partial charge in [-0.15, -0.1) is 0 Å². The molecule has 1 aliphatic heterocycles. The van der Waals surface area contributed by atoms with Crippen LogP contribution in [0.3, 0.4) is 0 Å². The van der Waals surface area contributed by atoms with Gasteiger partial charge in [0.25, 0.3) is 0 Å². The highest BCUT2D eigenvalue weighted by Gasteiger charge is 2.46. The van der Waals surface area contributed by atoms with Gasteiger partial charge in [0.1, 0.15) is 0 Å². The zero-order valence-electron chi connectivity index (χ0n) is 11.8. The molecule has 0 amide bonds. The van der Waals surface area contributed by atoms with Gasteiger partial charge >= 0.3 is 6.18 Å². The normalized spacial score (nSPS) is 34.1. The van der Waals surface area contributed by atoms with Crippen molar-refractivity contribution in [3.8, 4) is 0 Å². The Morgan fingerprint density at radius 3 is 2.37 bits per heavy atom. The molecule has 1 heterocycles. The van der Waals surface area contributed by atoms with E-state index >= 15 is 0 Å². The Morgan fingerprint density at radius 2 is 1.79 bits per heavy atom. The Hall–Kier alpha value is -0.290. The number of hydrogen-bond acceptors (Lipinski definition) is 2. The third-order valence-electron chi connectivity index (χ3n) is 4.59. The first-order chi connectivity index (χ1) is 8.88. The second-order valence-corrected chi connectivity index (χ2v) is 6.28. The average Bonchev–Trinajstić information content (AvgIpc) is 2.77. The first-order valence-corrected chi connectivity index (χ1v) is 7.44. The second-order valence-electron chi connectivity index (χ2n) is 6.28. The van der Waals surface area contributed by atoms with Crippen LogP contribution >= 0.6 is 0 Å². The lowest BCUT2D eigenvalue weighted by Crippen LogP contribution is -2.50. The highest BCUT2D eigenvalue weighted by Crippen LogP contribution is 2.38. The van der Waals surface area contributed by atoms with Crippen LogP contribution in [0.25, 0.3) is 0 Å². The summed E-state index contributed by atoms with van der Waals surface area (Å²) in [5.74, 6) is -1.14. The van der Waals surface area contributed by atoms with Crippen LogP contribution in [0.4, 0.5) is 13.2 Å². The number of alkyl halides is 3. The van der Waals surface area contributed by atoms with Gasteiger partial charge in [0.15, 0.2) is 0 Å². The van der Waals surface area contributed by atoms with E-state index in [0.717, 1.165) is 25.9 Å². The van der Waals surface area contributed by atoms with Gasteiger partial charge in [0.2, 0.25) is 0 Å². The molecule has 0 bridgehead atoms. The van der Waals surface area contributed by atoms with Crippen molar-refractivity contribution in [2.75, 3.05) is 13.1 Å². The summed E-state index contributed by atoms with van der Waals surface area (Å²) >= 11 is 0. The van der Waals surface area contributed by atoms with Crippen molar-refractivity contribution in [1.82, 2.24) is 10.2 Å². The Bertz CT molecular complexity index is 291. The highest BCUT2D eigenvalue weighted by atomic mass is 19.4. The topological polar surface area (TPSA) is 15.3 Å². The summed E-state index contributed by atoms with van der Waals surface area (Å²) < 4.78 is 39.1. The van der Waals surface area contributed by atoms with E-state index in [1.807, 2.05) is 0 Å². The van der Waals surface area contributed by atoms with Crippen molar-refractivity contribution in [1.29, 1.82) is 0 Å². The Labute approximate surface area is 113 Å². The van der Waals surface area contributed by atoms with Crippen LogP contribution in [-0.2, 0) is 0 Å². The van der Waals surface area contributed by atoms with Gasteiger partial charge in [-0.05, 0) is 39.7 Å². The molecule has 2 aliphatic rings. The minimum atomic E-state index is -4.05. The summed E-state index contributed by atoms with van der Waals surface area (Å²) in [6.45, 7) is 6.17. The van der Waals surface area contributed by atoms with Crippen LogP contribution in [0, 0.1) is 5.92 Å². The summed E-state index contributed by atoms with van der Waals surface area (Å²) in [5.41, 5.74) is 0. The molecule has 3 atom stereocenters. The maximum atomic E-state index is 13.0. The van der Waals surface area contributed by atoms with Gasteiger partial charge in [0, 0.05) is 24.7 Å². The standard InChI is InChI=1S/C14H25F3N2/c1-10(2)19-8-7-11(9-19)18-13-6-4-3-5-12(13)14(15,16)17/h10-13,18H,3-9H2,1-2H3. The molecule has 3 unspecified atom stereocenters. The Kier molecular flexibility index (Phi) is 4.77. The van der Waals surface area contributed by atoms with Crippen molar-refractivity contribution in [2.45, 2.75) is 70.3 Å². The first kappa shape index (κ1) is 15.1. The van der Waals surface area contributed by atoms with E-state index in [9.17, 15) is 13.2 Å². The summed E-state index contributed by atoms with van der Waals surface area (Å²) in [6.07, 6.45) is -0.478. The predicted octanol–water partition coefficient (Wildman–Crippen LogP) is 3.18. The van der Waals surface area contributed by atoms with Crippen LogP contribution in [0.15, 0.2) is 0 Å². The summed E-state index contributed by atoms with van der Waals surface area (Å²) in [6, 6.07) is 0.345. The molecule has 1 saturated heterocycles. The fourth-order valence-electron chi connectivity index (χ4n) is 3.42. The zero-order chi connectivity index (χ0) is 14.0. The van der Waals surface area contributed by atoms with Gasteiger partial charge in [-0.1, -0.05) is 12.8 Å². The van der Waals surface area contributed by atoms with Gasteiger partial charge < -0.3 is 5.32 Å². The molecule has 112 valence electrons. The molecule has 2 nitrogen and oxygen atoms in total. The highest BCUT2D eigenvalue weighted by molar-refractivity contribution is 4.91. The second kappa shape index (κ2) is 6.00. The molecule has 2 rings (SSSR count). The lowest BCUT2D eigenvalue weighted by Gasteiger charge is -2.35. The van der Waals surface area contributed by atoms with E-state index in [1.165, 1.54) is 0 Å². The molecule has 5 heteroatoms. The van der Waals surface area contributed by atoms with Crippen LogP contribution in [0.2, 0.25) is 0 Å². The maximum Gasteiger partial charge on any atom is 0.393 e. The molecule has 0 radical (unpaired) electrons. The van der Waals surface area contributed by atoms with Crippen LogP contribution in [-0.4, -0.2) is 42.3 Å². The van der Waals surface area contributed by atoms with Crippen molar-refractivity contribution >= 4 is 0 Å². The largest absolute Gasteiger partial charge is 0.393 e. The first-order valence-electron chi connectivity index (χ1n) is 7.44. The summed E-state index contributed by atoms with van der Waals surface area (Å²) in [4.78, 5) is 2.34. The number of rotatable bonds is 3. The molecule has 1 saturated carbocycles. The van der Waals surface area contributed by atoms with Crippen LogP contribution < -0.4 is 5.32 Å². The SMILES string of the molecule is CC(C)N1CCC(NC2CCCCC2C(F)(F)F)C1. The third-order valence-corrected chi connectivity index (χ3v) is 4.59. The van der Waals surface area contributed by atoms with Gasteiger partial charge in [-0.2, -0.15) is 13.2 Å². The minimum Gasteiger partial charge on any atom is -0.309 e. The smallest absolute Gasteiger partial charge is 0.309 e. The fraction of sp³-hybridized carbons (Fsp3) is 1.00.